The van der Waals surface area contributed by atoms with Gasteiger partial charge in [0.05, 0.1) is 0 Å². The van der Waals surface area contributed by atoms with Crippen LogP contribution in [0.15, 0.2) is 12.1 Å². The van der Waals surface area contributed by atoms with Gasteiger partial charge in [-0.2, -0.15) is 0 Å². The van der Waals surface area contributed by atoms with Gasteiger partial charge in [0.2, 0.25) is 0 Å². The molecule has 6 heteroatoms. The summed E-state index contributed by atoms with van der Waals surface area (Å²) in [7, 11) is 0. The van der Waals surface area contributed by atoms with Gasteiger partial charge in [0, 0.05) is 3.57 Å². The van der Waals surface area contributed by atoms with Gasteiger partial charge in [-0.15, -0.1) is 0 Å². The van der Waals surface area contributed by atoms with Crippen LogP contribution in [-0.2, 0) is 0 Å². The molecule has 0 radical (unpaired) electrons. The highest BCUT2D eigenvalue weighted by Crippen LogP contribution is 2.25. The number of anilines is 1. The third kappa shape index (κ3) is 1.79. The van der Waals surface area contributed by atoms with E-state index in [-0.39, 0.29) is 3.57 Å². The lowest BCUT2D eigenvalue weighted by Gasteiger charge is -2.04. The van der Waals surface area contributed by atoms with Crippen LogP contribution in [0.2, 0.25) is 0 Å². The molecule has 1 nitrogen and oxygen atoms in total. The number of rotatable bonds is 1. The summed E-state index contributed by atoms with van der Waals surface area (Å²) in [5, 5.41) is -1.46. The van der Waals surface area contributed by atoms with E-state index in [0.717, 1.165) is 12.1 Å². The number of halogens is 5. The molecule has 0 unspecified atom stereocenters. The Morgan fingerprint density at radius 2 is 1.75 bits per heavy atom. The molecule has 0 amide bonds. The summed E-state index contributed by atoms with van der Waals surface area (Å²) in [5.41, 5.74) is -1.06. The van der Waals surface area contributed by atoms with Gasteiger partial charge in [-0.1, -0.05) is 8.96 Å². The minimum absolute atomic E-state index is 0.210. The second kappa shape index (κ2) is 3.46. The number of benzene rings is 1. The molecule has 0 bridgehead atoms. The number of nitrogens with zero attached hydrogens (tertiary/aromatic N) is 1. The smallest absolute Gasteiger partial charge is 0.187 e. The van der Waals surface area contributed by atoms with Crippen molar-refractivity contribution in [1.29, 1.82) is 0 Å². The van der Waals surface area contributed by atoms with E-state index in [4.69, 9.17) is 0 Å². The highest BCUT2D eigenvalue weighted by atomic mass is 127. The van der Waals surface area contributed by atoms with Crippen LogP contribution in [0.5, 0.6) is 0 Å². The van der Waals surface area contributed by atoms with Crippen molar-refractivity contribution in [3.05, 3.63) is 27.3 Å². The van der Waals surface area contributed by atoms with E-state index >= 15 is 0 Å². The zero-order valence-electron chi connectivity index (χ0n) is 5.49. The van der Waals surface area contributed by atoms with E-state index in [1.807, 2.05) is 0 Å². The van der Waals surface area contributed by atoms with Crippen molar-refractivity contribution in [2.75, 3.05) is 5.34 Å². The molecule has 1 aromatic carbocycles. The van der Waals surface area contributed by atoms with Gasteiger partial charge in [-0.25, -0.2) is 8.78 Å². The van der Waals surface area contributed by atoms with Crippen LogP contribution < -0.4 is 5.34 Å². The average Bonchev–Trinajstić information content (AvgIpc) is 1.96. The zero-order valence-corrected chi connectivity index (χ0v) is 7.65. The molecular formula is C6H2F4IN. The van der Waals surface area contributed by atoms with E-state index in [1.165, 1.54) is 0 Å². The Kier molecular flexibility index (Phi) is 2.76. The Balaban J connectivity index is 3.28. The van der Waals surface area contributed by atoms with Gasteiger partial charge >= 0.3 is 0 Å². The summed E-state index contributed by atoms with van der Waals surface area (Å²) in [6, 6.07) is 1.68. The first kappa shape index (κ1) is 9.56. The Hall–Kier alpha value is -0.530. The lowest BCUT2D eigenvalue weighted by atomic mass is 10.3. The van der Waals surface area contributed by atoms with E-state index in [2.05, 4.69) is 0 Å². The van der Waals surface area contributed by atoms with Gasteiger partial charge in [0.1, 0.15) is 5.69 Å². The van der Waals surface area contributed by atoms with Crippen LogP contribution in [0.4, 0.5) is 23.4 Å². The molecule has 1 aromatic rings. The van der Waals surface area contributed by atoms with Crippen molar-refractivity contribution >= 4 is 28.3 Å². The Morgan fingerprint density at radius 3 is 2.25 bits per heavy atom. The molecule has 0 spiro atoms. The molecule has 0 heterocycles. The lowest BCUT2D eigenvalue weighted by Crippen LogP contribution is -2.01. The topological polar surface area (TPSA) is 3.24 Å². The van der Waals surface area contributed by atoms with Gasteiger partial charge < -0.3 is 0 Å². The SMILES string of the molecule is Fc1cc(I)cc(N(F)F)c1F. The summed E-state index contributed by atoms with van der Waals surface area (Å²) in [6.45, 7) is 0. The summed E-state index contributed by atoms with van der Waals surface area (Å²) in [4.78, 5) is 0. The highest BCUT2D eigenvalue weighted by Gasteiger charge is 2.15. The first-order valence-corrected chi connectivity index (χ1v) is 3.86. The predicted molar refractivity (Wildman–Crippen MR) is 43.8 cm³/mol. The van der Waals surface area contributed by atoms with Crippen LogP contribution >= 0.6 is 22.6 Å². The summed E-state index contributed by atoms with van der Waals surface area (Å²) in [6.07, 6.45) is 0. The quantitative estimate of drug-likeness (QED) is 0.332. The summed E-state index contributed by atoms with van der Waals surface area (Å²) in [5.74, 6) is -2.82. The standard InChI is InChI=1S/C6H2F4IN/c7-4-1-3(11)2-5(6(4)8)12(9)10/h1-2H. The van der Waals surface area contributed by atoms with Crippen molar-refractivity contribution in [2.24, 2.45) is 0 Å². The molecule has 1 rings (SSSR count). The molecule has 0 saturated carbocycles. The van der Waals surface area contributed by atoms with Crippen LogP contribution in [0.3, 0.4) is 0 Å². The van der Waals surface area contributed by atoms with Crippen LogP contribution in [-0.4, -0.2) is 0 Å². The maximum Gasteiger partial charge on any atom is 0.187 e. The molecule has 0 aromatic heterocycles. The largest absolute Gasteiger partial charge is 0.204 e. The Bertz CT molecular complexity index is 302. The lowest BCUT2D eigenvalue weighted by molar-refractivity contribution is 0.229. The van der Waals surface area contributed by atoms with Crippen LogP contribution in [0.25, 0.3) is 0 Å². The normalized spacial score (nSPS) is 10.1. The van der Waals surface area contributed by atoms with Gasteiger partial charge in [-0.3, -0.25) is 0 Å². The van der Waals surface area contributed by atoms with Gasteiger partial charge in [-0.05, 0) is 40.1 Å². The second-order valence-corrected chi connectivity index (χ2v) is 3.20. The summed E-state index contributed by atoms with van der Waals surface area (Å²) >= 11 is 1.61. The van der Waals surface area contributed by atoms with Crippen LogP contribution in [0.1, 0.15) is 0 Å². The molecule has 0 aliphatic heterocycles. The molecule has 0 aliphatic carbocycles. The van der Waals surface area contributed by atoms with E-state index in [9.17, 15) is 17.7 Å². The fraction of sp³-hybridized carbons (Fsp3) is 0. The van der Waals surface area contributed by atoms with Crippen LogP contribution in [0, 0.1) is 15.2 Å². The maximum atomic E-state index is 12.5. The first-order valence-electron chi connectivity index (χ1n) is 2.78. The Labute approximate surface area is 79.0 Å². The van der Waals surface area contributed by atoms with E-state index < -0.39 is 22.7 Å². The van der Waals surface area contributed by atoms with Gasteiger partial charge in [0.15, 0.2) is 11.6 Å². The van der Waals surface area contributed by atoms with Crippen molar-refractivity contribution < 1.29 is 17.7 Å². The third-order valence-electron chi connectivity index (χ3n) is 1.16. The van der Waals surface area contributed by atoms with E-state index in [1.54, 1.807) is 22.6 Å². The maximum absolute atomic E-state index is 12.5. The second-order valence-electron chi connectivity index (χ2n) is 1.95. The van der Waals surface area contributed by atoms with Crippen molar-refractivity contribution in [2.45, 2.75) is 0 Å². The monoisotopic (exact) mass is 291 g/mol. The zero-order chi connectivity index (χ0) is 9.30. The average molecular weight is 291 g/mol. The molecule has 0 saturated heterocycles. The third-order valence-corrected chi connectivity index (χ3v) is 1.78. The number of hydrogen-bond acceptors (Lipinski definition) is 1. The van der Waals surface area contributed by atoms with Crippen molar-refractivity contribution in [3.8, 4) is 0 Å². The highest BCUT2D eigenvalue weighted by molar-refractivity contribution is 14.1. The minimum Gasteiger partial charge on any atom is -0.204 e. The molecule has 12 heavy (non-hydrogen) atoms. The molecule has 66 valence electrons. The molecular weight excluding hydrogens is 289 g/mol. The fourth-order valence-corrected chi connectivity index (χ4v) is 1.23. The molecule has 0 fully saturated rings. The first-order chi connectivity index (χ1) is 5.52. The predicted octanol–water partition coefficient (Wildman–Crippen LogP) is 3.14. The molecule has 0 N–H and O–H groups in total. The van der Waals surface area contributed by atoms with Crippen molar-refractivity contribution in [1.82, 2.24) is 0 Å². The van der Waals surface area contributed by atoms with Gasteiger partial charge in [0.25, 0.3) is 0 Å². The van der Waals surface area contributed by atoms with E-state index in [0.29, 0.717) is 0 Å². The molecule has 0 atom stereocenters. The Morgan fingerprint density at radius 1 is 1.17 bits per heavy atom. The van der Waals surface area contributed by atoms with Crippen molar-refractivity contribution in [3.63, 3.8) is 0 Å². The molecule has 0 aliphatic rings. The fourth-order valence-electron chi connectivity index (χ4n) is 0.665. The minimum atomic E-state index is -1.54. The summed E-state index contributed by atoms with van der Waals surface area (Å²) < 4.78 is 48.8. The number of hydrogen-bond donors (Lipinski definition) is 0.